The van der Waals surface area contributed by atoms with Gasteiger partial charge < -0.3 is 5.11 Å². The number of nitrogens with one attached hydrogen (secondary N) is 1. The molecule has 1 aliphatic rings. The Hall–Kier alpha value is -1.36. The molecule has 0 saturated heterocycles. The zero-order valence-electron chi connectivity index (χ0n) is 10.4. The van der Waals surface area contributed by atoms with Crippen molar-refractivity contribution in [3.8, 4) is 0 Å². The third kappa shape index (κ3) is 2.20. The molecule has 1 aromatic heterocycles. The van der Waals surface area contributed by atoms with Crippen LogP contribution in [-0.4, -0.2) is 26.4 Å². The minimum atomic E-state index is -0.735. The molecule has 94 valence electrons. The summed E-state index contributed by atoms with van der Waals surface area (Å²) in [7, 11) is 1.89. The predicted octanol–water partition coefficient (Wildman–Crippen LogP) is 1.08. The largest absolute Gasteiger partial charge is 0.480 e. The van der Waals surface area contributed by atoms with Crippen LogP contribution in [0, 0.1) is 0 Å². The summed E-state index contributed by atoms with van der Waals surface area (Å²) < 4.78 is 1.82. The Kier molecular flexibility index (Phi) is 3.19. The van der Waals surface area contributed by atoms with Crippen molar-refractivity contribution in [3.63, 3.8) is 0 Å². The van der Waals surface area contributed by atoms with Crippen molar-refractivity contribution in [2.75, 3.05) is 0 Å². The molecule has 2 rings (SSSR count). The first-order valence-electron chi connectivity index (χ1n) is 6.07. The van der Waals surface area contributed by atoms with E-state index in [1.165, 1.54) is 0 Å². The van der Waals surface area contributed by atoms with E-state index in [1.807, 2.05) is 17.8 Å². The minimum absolute atomic E-state index is 0.565. The molecule has 1 fully saturated rings. The fraction of sp³-hybridized carbons (Fsp3) is 0.667. The number of nitrogens with zero attached hydrogens (tertiary/aromatic N) is 2. The molecule has 0 radical (unpaired) electrons. The van der Waals surface area contributed by atoms with Gasteiger partial charge in [-0.15, -0.1) is 0 Å². The van der Waals surface area contributed by atoms with Crippen LogP contribution in [0.4, 0.5) is 0 Å². The molecule has 5 nitrogen and oxygen atoms in total. The lowest BCUT2D eigenvalue weighted by atomic mass is 9.77. The Morgan fingerprint density at radius 2 is 2.35 bits per heavy atom. The van der Waals surface area contributed by atoms with Crippen LogP contribution < -0.4 is 5.32 Å². The average molecular weight is 237 g/mol. The van der Waals surface area contributed by atoms with E-state index in [-0.39, 0.29) is 0 Å². The summed E-state index contributed by atoms with van der Waals surface area (Å²) in [5.74, 6) is -0.735. The fourth-order valence-electron chi connectivity index (χ4n) is 2.17. The Labute approximate surface area is 101 Å². The van der Waals surface area contributed by atoms with Gasteiger partial charge in [0.2, 0.25) is 0 Å². The van der Waals surface area contributed by atoms with Gasteiger partial charge in [-0.05, 0) is 31.7 Å². The van der Waals surface area contributed by atoms with E-state index in [9.17, 15) is 9.90 Å². The second kappa shape index (κ2) is 4.49. The van der Waals surface area contributed by atoms with Crippen LogP contribution in [0.1, 0.15) is 37.6 Å². The minimum Gasteiger partial charge on any atom is -0.480 e. The Morgan fingerprint density at radius 1 is 1.65 bits per heavy atom. The van der Waals surface area contributed by atoms with Crippen molar-refractivity contribution in [2.24, 2.45) is 7.05 Å². The van der Waals surface area contributed by atoms with Crippen molar-refractivity contribution in [3.05, 3.63) is 17.5 Å². The first-order chi connectivity index (χ1) is 8.07. The van der Waals surface area contributed by atoms with Gasteiger partial charge in [-0.2, -0.15) is 5.10 Å². The normalized spacial score (nSPS) is 17.8. The van der Waals surface area contributed by atoms with Crippen LogP contribution in [0.25, 0.3) is 0 Å². The van der Waals surface area contributed by atoms with E-state index < -0.39 is 11.5 Å². The Balaban J connectivity index is 2.01. The first-order valence-corrected chi connectivity index (χ1v) is 6.07. The summed E-state index contributed by atoms with van der Waals surface area (Å²) in [6.45, 7) is 2.63. The second-order valence-electron chi connectivity index (χ2n) is 4.70. The van der Waals surface area contributed by atoms with E-state index in [0.717, 1.165) is 37.1 Å². The number of hydrogen-bond donors (Lipinski definition) is 2. The number of aromatic nitrogens is 2. The number of carboxylic acids is 1. The van der Waals surface area contributed by atoms with Crippen molar-refractivity contribution in [1.82, 2.24) is 15.1 Å². The van der Waals surface area contributed by atoms with Crippen molar-refractivity contribution < 1.29 is 9.90 Å². The van der Waals surface area contributed by atoms with Crippen LogP contribution in [-0.2, 0) is 24.8 Å². The Morgan fingerprint density at radius 3 is 2.76 bits per heavy atom. The lowest BCUT2D eigenvalue weighted by Gasteiger charge is -2.38. The molecule has 0 spiro atoms. The van der Waals surface area contributed by atoms with E-state index in [4.69, 9.17) is 0 Å². The number of aliphatic carboxylic acids is 1. The number of rotatable bonds is 5. The summed E-state index contributed by atoms with van der Waals surface area (Å²) in [6, 6.07) is 2.03. The average Bonchev–Trinajstić information content (AvgIpc) is 2.57. The molecular weight excluding hydrogens is 218 g/mol. The fourth-order valence-corrected chi connectivity index (χ4v) is 2.17. The van der Waals surface area contributed by atoms with Gasteiger partial charge in [-0.3, -0.25) is 14.8 Å². The Bertz CT molecular complexity index is 421. The van der Waals surface area contributed by atoms with Crippen molar-refractivity contribution >= 4 is 5.97 Å². The van der Waals surface area contributed by atoms with Gasteiger partial charge in [0.25, 0.3) is 0 Å². The maximum absolute atomic E-state index is 11.2. The lowest BCUT2D eigenvalue weighted by Crippen LogP contribution is -2.56. The molecule has 2 N–H and O–H groups in total. The molecule has 17 heavy (non-hydrogen) atoms. The lowest BCUT2D eigenvalue weighted by molar-refractivity contribution is -0.148. The van der Waals surface area contributed by atoms with Gasteiger partial charge in [0, 0.05) is 13.6 Å². The van der Waals surface area contributed by atoms with Gasteiger partial charge >= 0.3 is 5.97 Å². The van der Waals surface area contributed by atoms with Crippen molar-refractivity contribution in [1.29, 1.82) is 0 Å². The maximum atomic E-state index is 11.2. The standard InChI is InChI=1S/C12H19N3O2/c1-3-9-7-10(15(2)14-9)8-13-12(11(16)17)5-4-6-12/h7,13H,3-6,8H2,1-2H3,(H,16,17). The first kappa shape index (κ1) is 12.1. The van der Waals surface area contributed by atoms with Crippen LogP contribution >= 0.6 is 0 Å². The summed E-state index contributed by atoms with van der Waals surface area (Å²) in [6.07, 6.45) is 3.34. The van der Waals surface area contributed by atoms with Gasteiger partial charge in [-0.25, -0.2) is 0 Å². The monoisotopic (exact) mass is 237 g/mol. The molecular formula is C12H19N3O2. The molecule has 5 heteroatoms. The van der Waals surface area contributed by atoms with Gasteiger partial charge in [0.05, 0.1) is 11.4 Å². The molecule has 0 atom stereocenters. The molecule has 1 aromatic rings. The smallest absolute Gasteiger partial charge is 0.323 e. The maximum Gasteiger partial charge on any atom is 0.323 e. The zero-order valence-corrected chi connectivity index (χ0v) is 10.4. The SMILES string of the molecule is CCc1cc(CNC2(C(=O)O)CCC2)n(C)n1. The molecule has 0 amide bonds. The number of hydrogen-bond acceptors (Lipinski definition) is 3. The van der Waals surface area contributed by atoms with Crippen molar-refractivity contribution in [2.45, 2.75) is 44.7 Å². The molecule has 0 aliphatic heterocycles. The highest BCUT2D eigenvalue weighted by atomic mass is 16.4. The summed E-state index contributed by atoms with van der Waals surface area (Å²) in [5, 5.41) is 16.7. The number of carboxylic acid groups (broad SMARTS) is 1. The van der Waals surface area contributed by atoms with E-state index in [1.54, 1.807) is 0 Å². The third-order valence-electron chi connectivity index (χ3n) is 3.61. The van der Waals surface area contributed by atoms with Gasteiger partial charge in [-0.1, -0.05) is 6.92 Å². The van der Waals surface area contributed by atoms with E-state index in [2.05, 4.69) is 17.3 Å². The third-order valence-corrected chi connectivity index (χ3v) is 3.61. The zero-order chi connectivity index (χ0) is 12.5. The quantitative estimate of drug-likeness (QED) is 0.804. The molecule has 0 aromatic carbocycles. The van der Waals surface area contributed by atoms with Crippen LogP contribution in [0.3, 0.4) is 0 Å². The summed E-state index contributed by atoms with van der Waals surface area (Å²) in [5.41, 5.74) is 1.38. The molecule has 1 saturated carbocycles. The highest BCUT2D eigenvalue weighted by Crippen LogP contribution is 2.32. The second-order valence-corrected chi connectivity index (χ2v) is 4.70. The van der Waals surface area contributed by atoms with Crippen LogP contribution in [0.15, 0.2) is 6.07 Å². The predicted molar refractivity (Wildman–Crippen MR) is 63.6 cm³/mol. The highest BCUT2D eigenvalue weighted by Gasteiger charge is 2.43. The molecule has 1 heterocycles. The number of carbonyl (C=O) groups is 1. The van der Waals surface area contributed by atoms with E-state index in [0.29, 0.717) is 6.54 Å². The highest BCUT2D eigenvalue weighted by molar-refractivity contribution is 5.79. The topological polar surface area (TPSA) is 67.2 Å². The van der Waals surface area contributed by atoms with E-state index >= 15 is 0 Å². The van der Waals surface area contributed by atoms with Gasteiger partial charge in [0.1, 0.15) is 5.54 Å². The van der Waals surface area contributed by atoms with Gasteiger partial charge in [0.15, 0.2) is 0 Å². The molecule has 0 unspecified atom stereocenters. The summed E-state index contributed by atoms with van der Waals surface area (Å²) in [4.78, 5) is 11.2. The molecule has 0 bridgehead atoms. The number of aryl methyl sites for hydroxylation is 2. The van der Waals surface area contributed by atoms with Crippen LogP contribution in [0.2, 0.25) is 0 Å². The van der Waals surface area contributed by atoms with Crippen LogP contribution in [0.5, 0.6) is 0 Å². The molecule has 1 aliphatic carbocycles. The summed E-state index contributed by atoms with van der Waals surface area (Å²) >= 11 is 0.